The van der Waals surface area contributed by atoms with Gasteiger partial charge in [-0.15, -0.1) is 0 Å². The van der Waals surface area contributed by atoms with Gasteiger partial charge in [-0.1, -0.05) is 25.0 Å². The summed E-state index contributed by atoms with van der Waals surface area (Å²) in [4.78, 5) is 26.0. The predicted molar refractivity (Wildman–Crippen MR) is 127 cm³/mol. The monoisotopic (exact) mass is 456 g/mol. The molecule has 0 aromatic heterocycles. The van der Waals surface area contributed by atoms with Crippen LogP contribution in [0.1, 0.15) is 66.6 Å². The summed E-state index contributed by atoms with van der Waals surface area (Å²) >= 11 is 0. The SMILES string of the molecule is Cc1ccc(C)c(S(=O)(=O)C2(C(=O)Nc3ccc(C(=O)NC(C)C)c(C)c3)CCCC2)c1. The number of amides is 2. The molecule has 0 bridgehead atoms. The summed E-state index contributed by atoms with van der Waals surface area (Å²) < 4.78 is 26.0. The van der Waals surface area contributed by atoms with Crippen LogP contribution in [0.2, 0.25) is 0 Å². The molecule has 0 unspecified atom stereocenters. The Morgan fingerprint density at radius 1 is 0.938 bits per heavy atom. The van der Waals surface area contributed by atoms with Crippen molar-refractivity contribution in [1.82, 2.24) is 5.32 Å². The summed E-state index contributed by atoms with van der Waals surface area (Å²) in [5, 5.41) is 5.69. The lowest BCUT2D eigenvalue weighted by Crippen LogP contribution is -2.47. The second-order valence-corrected chi connectivity index (χ2v) is 11.3. The van der Waals surface area contributed by atoms with Crippen LogP contribution in [-0.4, -0.2) is 31.0 Å². The van der Waals surface area contributed by atoms with E-state index < -0.39 is 20.5 Å². The summed E-state index contributed by atoms with van der Waals surface area (Å²) in [6, 6.07) is 10.3. The highest BCUT2D eigenvalue weighted by Crippen LogP contribution is 2.42. The topological polar surface area (TPSA) is 92.3 Å². The lowest BCUT2D eigenvalue weighted by atomic mass is 10.0. The van der Waals surface area contributed by atoms with Gasteiger partial charge in [0, 0.05) is 17.3 Å². The second-order valence-electron chi connectivity index (χ2n) is 9.09. The molecular weight excluding hydrogens is 424 g/mol. The molecule has 0 heterocycles. The first-order chi connectivity index (χ1) is 15.0. The highest BCUT2D eigenvalue weighted by atomic mass is 32.2. The molecule has 2 N–H and O–H groups in total. The smallest absolute Gasteiger partial charge is 0.251 e. The Bertz CT molecular complexity index is 1150. The zero-order valence-corrected chi connectivity index (χ0v) is 20.2. The fourth-order valence-electron chi connectivity index (χ4n) is 4.35. The molecule has 1 aliphatic rings. The van der Waals surface area contributed by atoms with Crippen LogP contribution in [0.3, 0.4) is 0 Å². The molecule has 2 aromatic rings. The van der Waals surface area contributed by atoms with Crippen molar-refractivity contribution in [2.75, 3.05) is 5.32 Å². The van der Waals surface area contributed by atoms with Gasteiger partial charge in [0.25, 0.3) is 5.91 Å². The second kappa shape index (κ2) is 9.06. The van der Waals surface area contributed by atoms with Crippen molar-refractivity contribution in [1.29, 1.82) is 0 Å². The van der Waals surface area contributed by atoms with Gasteiger partial charge >= 0.3 is 0 Å². The molecule has 2 amide bonds. The molecule has 0 radical (unpaired) electrons. The van der Waals surface area contributed by atoms with Gasteiger partial charge in [0.2, 0.25) is 5.91 Å². The largest absolute Gasteiger partial charge is 0.350 e. The maximum Gasteiger partial charge on any atom is 0.251 e. The van der Waals surface area contributed by atoms with E-state index in [1.807, 2.05) is 26.8 Å². The predicted octanol–water partition coefficient (Wildman–Crippen LogP) is 4.48. The number of nitrogens with one attached hydrogen (secondary N) is 2. The Hall–Kier alpha value is -2.67. The molecular formula is C25H32N2O4S. The van der Waals surface area contributed by atoms with E-state index in [9.17, 15) is 18.0 Å². The van der Waals surface area contributed by atoms with Gasteiger partial charge in [0.05, 0.1) is 4.90 Å². The molecule has 0 saturated heterocycles. The Balaban J connectivity index is 1.93. The molecule has 172 valence electrons. The fourth-order valence-corrected chi connectivity index (χ4v) is 6.73. The lowest BCUT2D eigenvalue weighted by Gasteiger charge is -2.28. The van der Waals surface area contributed by atoms with E-state index in [4.69, 9.17) is 0 Å². The van der Waals surface area contributed by atoms with E-state index in [1.54, 1.807) is 44.2 Å². The van der Waals surface area contributed by atoms with E-state index in [2.05, 4.69) is 10.6 Å². The minimum Gasteiger partial charge on any atom is -0.350 e. The number of carbonyl (C=O) groups excluding carboxylic acids is 2. The number of anilines is 1. The van der Waals surface area contributed by atoms with Crippen molar-refractivity contribution in [3.05, 3.63) is 58.7 Å². The highest BCUT2D eigenvalue weighted by Gasteiger charge is 2.53. The van der Waals surface area contributed by atoms with Gasteiger partial charge in [-0.05, 0) is 88.4 Å². The maximum absolute atomic E-state index is 13.8. The average molecular weight is 457 g/mol. The first-order valence-corrected chi connectivity index (χ1v) is 12.5. The van der Waals surface area contributed by atoms with Crippen molar-refractivity contribution in [3.63, 3.8) is 0 Å². The van der Waals surface area contributed by atoms with E-state index in [-0.39, 0.29) is 16.8 Å². The van der Waals surface area contributed by atoms with Gasteiger partial charge in [0.1, 0.15) is 0 Å². The quantitative estimate of drug-likeness (QED) is 0.671. The number of hydrogen-bond acceptors (Lipinski definition) is 4. The van der Waals surface area contributed by atoms with Crippen LogP contribution in [0, 0.1) is 20.8 Å². The number of hydrogen-bond donors (Lipinski definition) is 2. The molecule has 1 aliphatic carbocycles. The van der Waals surface area contributed by atoms with E-state index >= 15 is 0 Å². The van der Waals surface area contributed by atoms with Crippen LogP contribution >= 0.6 is 0 Å². The van der Waals surface area contributed by atoms with E-state index in [1.165, 1.54) is 0 Å². The van der Waals surface area contributed by atoms with Crippen molar-refractivity contribution in [2.24, 2.45) is 0 Å². The van der Waals surface area contributed by atoms with Crippen LogP contribution in [-0.2, 0) is 14.6 Å². The zero-order valence-electron chi connectivity index (χ0n) is 19.4. The fraction of sp³-hybridized carbons (Fsp3) is 0.440. The summed E-state index contributed by atoms with van der Waals surface area (Å²) in [6.45, 7) is 9.18. The summed E-state index contributed by atoms with van der Waals surface area (Å²) in [5.41, 5.74) is 3.20. The highest BCUT2D eigenvalue weighted by molar-refractivity contribution is 7.93. The number of aryl methyl sites for hydroxylation is 3. The molecule has 1 saturated carbocycles. The van der Waals surface area contributed by atoms with Crippen molar-refractivity contribution >= 4 is 27.3 Å². The van der Waals surface area contributed by atoms with Gasteiger partial charge < -0.3 is 10.6 Å². The molecule has 1 fully saturated rings. The lowest BCUT2D eigenvalue weighted by molar-refractivity contribution is -0.118. The van der Waals surface area contributed by atoms with Crippen molar-refractivity contribution in [3.8, 4) is 0 Å². The molecule has 3 rings (SSSR count). The summed E-state index contributed by atoms with van der Waals surface area (Å²) in [5.74, 6) is -0.685. The molecule has 0 spiro atoms. The van der Waals surface area contributed by atoms with Gasteiger partial charge in [-0.2, -0.15) is 0 Å². The third-order valence-corrected chi connectivity index (χ3v) is 8.76. The number of carbonyl (C=O) groups is 2. The third-order valence-electron chi connectivity index (χ3n) is 6.12. The molecule has 0 aliphatic heterocycles. The van der Waals surface area contributed by atoms with E-state index in [0.29, 0.717) is 48.1 Å². The Morgan fingerprint density at radius 2 is 1.59 bits per heavy atom. The zero-order chi connectivity index (χ0) is 23.7. The molecule has 2 aromatic carbocycles. The maximum atomic E-state index is 13.8. The van der Waals surface area contributed by atoms with Crippen LogP contribution in [0.25, 0.3) is 0 Å². The van der Waals surface area contributed by atoms with Gasteiger partial charge in [-0.3, -0.25) is 9.59 Å². The van der Waals surface area contributed by atoms with Crippen LogP contribution in [0.15, 0.2) is 41.3 Å². The number of rotatable bonds is 6. The van der Waals surface area contributed by atoms with Crippen LogP contribution in [0.5, 0.6) is 0 Å². The first kappa shape index (κ1) is 24.0. The minimum absolute atomic E-state index is 0.0128. The first-order valence-electron chi connectivity index (χ1n) is 11.0. The summed E-state index contributed by atoms with van der Waals surface area (Å²) in [7, 11) is -3.89. The normalized spacial score (nSPS) is 15.6. The van der Waals surface area contributed by atoms with Crippen molar-refractivity contribution < 1.29 is 18.0 Å². The van der Waals surface area contributed by atoms with Crippen LogP contribution < -0.4 is 10.6 Å². The Morgan fingerprint density at radius 3 is 2.19 bits per heavy atom. The van der Waals surface area contributed by atoms with Crippen molar-refractivity contribution in [2.45, 2.75) is 76.0 Å². The number of benzene rings is 2. The molecule has 32 heavy (non-hydrogen) atoms. The molecule has 7 heteroatoms. The molecule has 6 nitrogen and oxygen atoms in total. The average Bonchev–Trinajstić information content (AvgIpc) is 3.21. The minimum atomic E-state index is -3.89. The molecule has 0 atom stereocenters. The Kier molecular flexibility index (Phi) is 6.79. The van der Waals surface area contributed by atoms with Gasteiger partial charge in [0.15, 0.2) is 14.6 Å². The standard InChI is InChI=1S/C25H32N2O4S/c1-16(2)26-23(28)21-11-10-20(15-19(21)5)27-24(29)25(12-6-7-13-25)32(30,31)22-14-17(3)8-9-18(22)4/h8-11,14-16H,6-7,12-13H2,1-5H3,(H,26,28)(H,27,29). The number of sulfone groups is 1. The van der Waals surface area contributed by atoms with Gasteiger partial charge in [-0.25, -0.2) is 8.42 Å². The van der Waals surface area contributed by atoms with E-state index in [0.717, 1.165) is 5.56 Å². The summed E-state index contributed by atoms with van der Waals surface area (Å²) in [6.07, 6.45) is 1.96. The third kappa shape index (κ3) is 4.44. The Labute approximate surface area is 190 Å². The van der Waals surface area contributed by atoms with Crippen LogP contribution in [0.4, 0.5) is 5.69 Å².